The molecule has 2 aliphatic rings. The fraction of sp³-hybridized carbons (Fsp3) is 0.548. The first-order chi connectivity index (χ1) is 17.7. The molecular weight excluding hydrogens is 497 g/mol. The monoisotopic (exact) mass is 539 g/mol. The number of rotatable bonds is 6. The molecule has 1 saturated heterocycles. The van der Waals surface area contributed by atoms with Crippen LogP contribution in [0.2, 0.25) is 5.02 Å². The van der Waals surface area contributed by atoms with E-state index in [4.69, 9.17) is 21.6 Å². The molecule has 2 aliphatic heterocycles. The van der Waals surface area contributed by atoms with Gasteiger partial charge in [0.05, 0.1) is 28.6 Å². The summed E-state index contributed by atoms with van der Waals surface area (Å²) < 4.78 is 14.2. The van der Waals surface area contributed by atoms with Crippen molar-refractivity contribution in [3.63, 3.8) is 0 Å². The van der Waals surface area contributed by atoms with Crippen LogP contribution in [0.15, 0.2) is 47.2 Å². The molecule has 5 nitrogen and oxygen atoms in total. The highest BCUT2D eigenvalue weighted by Crippen LogP contribution is 2.43. The first kappa shape index (κ1) is 28.7. The van der Waals surface area contributed by atoms with E-state index >= 15 is 0 Å². The van der Waals surface area contributed by atoms with Gasteiger partial charge in [-0.15, -0.1) is 0 Å². The number of anilines is 2. The van der Waals surface area contributed by atoms with Gasteiger partial charge in [-0.3, -0.25) is 14.8 Å². The number of fused-ring (bicyclic) bond motifs is 1. The Morgan fingerprint density at radius 2 is 1.82 bits per heavy atom. The quantitative estimate of drug-likeness (QED) is 0.356. The van der Waals surface area contributed by atoms with Crippen LogP contribution in [-0.4, -0.2) is 58.0 Å². The second-order valence-electron chi connectivity index (χ2n) is 12.5. The van der Waals surface area contributed by atoms with Crippen molar-refractivity contribution in [1.82, 2.24) is 19.8 Å². The molecule has 0 bridgehead atoms. The molecule has 1 fully saturated rings. The van der Waals surface area contributed by atoms with Gasteiger partial charge in [0, 0.05) is 49.4 Å². The molecule has 0 saturated carbocycles. The van der Waals surface area contributed by atoms with Gasteiger partial charge in [0.25, 0.3) is 0 Å². The zero-order chi connectivity index (χ0) is 28.0. The summed E-state index contributed by atoms with van der Waals surface area (Å²) in [5.41, 5.74) is 6.60. The molecule has 206 valence electrons. The molecule has 38 heavy (non-hydrogen) atoms. The largest absolute Gasteiger partial charge is 0.324 e. The summed E-state index contributed by atoms with van der Waals surface area (Å²) in [6, 6.07) is 5.05. The maximum Gasteiger partial charge on any atom is 0.155 e. The molecule has 0 radical (unpaired) electrons. The lowest BCUT2D eigenvalue weighted by atomic mass is 9.91. The van der Waals surface area contributed by atoms with Gasteiger partial charge >= 0.3 is 0 Å². The van der Waals surface area contributed by atoms with Gasteiger partial charge in [-0.1, -0.05) is 42.7 Å². The first-order valence-electron chi connectivity index (χ1n) is 13.6. The van der Waals surface area contributed by atoms with Crippen molar-refractivity contribution in [2.24, 2.45) is 0 Å². The third-order valence-corrected chi connectivity index (χ3v) is 8.68. The van der Waals surface area contributed by atoms with E-state index in [2.05, 4.69) is 78.2 Å². The normalized spacial score (nSPS) is 20.4. The average Bonchev–Trinajstić information content (AvgIpc) is 3.12. The van der Waals surface area contributed by atoms with Gasteiger partial charge in [-0.25, -0.2) is 9.37 Å². The molecule has 1 aromatic carbocycles. The molecule has 0 aliphatic carbocycles. The van der Waals surface area contributed by atoms with Gasteiger partial charge in [0.15, 0.2) is 5.82 Å². The van der Waals surface area contributed by atoms with E-state index in [1.54, 1.807) is 6.07 Å². The average molecular weight is 540 g/mol. The third kappa shape index (κ3) is 5.68. The van der Waals surface area contributed by atoms with Crippen molar-refractivity contribution in [3.05, 3.63) is 69.4 Å². The summed E-state index contributed by atoms with van der Waals surface area (Å²) in [6.45, 7) is 24.7. The molecular formula is C31H43ClFN5. The van der Waals surface area contributed by atoms with Gasteiger partial charge < -0.3 is 4.90 Å². The van der Waals surface area contributed by atoms with E-state index in [-0.39, 0.29) is 22.0 Å². The number of aromatic nitrogens is 2. The minimum Gasteiger partial charge on any atom is -0.324 e. The van der Waals surface area contributed by atoms with Gasteiger partial charge in [-0.2, -0.15) is 0 Å². The SMILES string of the molecule is CC(C)=C(C)/C(C)=C\CN1CCN(C(C)c2cnc3c(n2)C(C)(C)CN3c2ccc(Cl)c(F)c2)C(C)(C)C1. The minimum absolute atomic E-state index is 0.00590. The van der Waals surface area contributed by atoms with Gasteiger partial charge in [-0.05, 0) is 72.2 Å². The van der Waals surface area contributed by atoms with Crippen LogP contribution in [0.1, 0.15) is 79.7 Å². The predicted octanol–water partition coefficient (Wildman–Crippen LogP) is 7.46. The molecule has 4 rings (SSSR count). The fourth-order valence-corrected chi connectivity index (χ4v) is 5.89. The Labute approximate surface area is 233 Å². The van der Waals surface area contributed by atoms with Crippen molar-refractivity contribution in [2.75, 3.05) is 37.6 Å². The van der Waals surface area contributed by atoms with Crippen molar-refractivity contribution in [3.8, 4) is 0 Å². The van der Waals surface area contributed by atoms with Gasteiger partial charge in [0.2, 0.25) is 0 Å². The molecule has 3 heterocycles. The summed E-state index contributed by atoms with van der Waals surface area (Å²) in [5, 5.41) is 0.125. The lowest BCUT2D eigenvalue weighted by Gasteiger charge is -2.49. The summed E-state index contributed by atoms with van der Waals surface area (Å²) >= 11 is 5.93. The Kier molecular flexibility index (Phi) is 8.09. The van der Waals surface area contributed by atoms with E-state index in [1.165, 1.54) is 22.8 Å². The molecule has 1 atom stereocenters. The lowest BCUT2D eigenvalue weighted by Crippen LogP contribution is -2.59. The molecule has 0 amide bonds. The number of hydrogen-bond acceptors (Lipinski definition) is 5. The van der Waals surface area contributed by atoms with Gasteiger partial charge in [0.1, 0.15) is 5.82 Å². The third-order valence-electron chi connectivity index (χ3n) is 8.37. The van der Waals surface area contributed by atoms with Crippen molar-refractivity contribution in [2.45, 2.75) is 79.3 Å². The van der Waals surface area contributed by atoms with E-state index in [0.29, 0.717) is 6.54 Å². The zero-order valence-electron chi connectivity index (χ0n) is 24.5. The van der Waals surface area contributed by atoms with Crippen LogP contribution in [0.25, 0.3) is 0 Å². The Hall–Kier alpha value is -2.28. The van der Waals surface area contributed by atoms with Crippen LogP contribution in [0.5, 0.6) is 0 Å². The summed E-state index contributed by atoms with van der Waals surface area (Å²) in [6.07, 6.45) is 4.27. The minimum atomic E-state index is -0.423. The second-order valence-corrected chi connectivity index (χ2v) is 12.9. The molecule has 2 aromatic rings. The Balaban J connectivity index is 1.53. The van der Waals surface area contributed by atoms with Crippen LogP contribution in [0, 0.1) is 5.82 Å². The van der Waals surface area contributed by atoms with E-state index in [0.717, 1.165) is 49.1 Å². The Morgan fingerprint density at radius 3 is 2.45 bits per heavy atom. The first-order valence-corrected chi connectivity index (χ1v) is 14.0. The van der Waals surface area contributed by atoms with Crippen LogP contribution in [-0.2, 0) is 5.41 Å². The van der Waals surface area contributed by atoms with Crippen molar-refractivity contribution < 1.29 is 4.39 Å². The zero-order valence-corrected chi connectivity index (χ0v) is 25.2. The number of allylic oxidation sites excluding steroid dienone is 3. The highest BCUT2D eigenvalue weighted by Gasteiger charge is 2.41. The number of halogens is 2. The Bertz CT molecular complexity index is 1260. The topological polar surface area (TPSA) is 35.5 Å². The molecule has 7 heteroatoms. The van der Waals surface area contributed by atoms with Crippen molar-refractivity contribution in [1.29, 1.82) is 0 Å². The number of nitrogens with zero attached hydrogens (tertiary/aromatic N) is 5. The number of piperazine rings is 1. The maximum atomic E-state index is 14.2. The van der Waals surface area contributed by atoms with E-state index < -0.39 is 5.82 Å². The molecule has 1 unspecified atom stereocenters. The lowest BCUT2D eigenvalue weighted by molar-refractivity contribution is -0.00424. The highest BCUT2D eigenvalue weighted by atomic mass is 35.5. The van der Waals surface area contributed by atoms with Crippen LogP contribution < -0.4 is 4.90 Å². The molecule has 0 N–H and O–H groups in total. The van der Waals surface area contributed by atoms with Crippen LogP contribution in [0.3, 0.4) is 0 Å². The smallest absolute Gasteiger partial charge is 0.155 e. The molecule has 1 aromatic heterocycles. The van der Waals surface area contributed by atoms with E-state index in [1.807, 2.05) is 17.2 Å². The van der Waals surface area contributed by atoms with Crippen LogP contribution >= 0.6 is 11.6 Å². The van der Waals surface area contributed by atoms with Crippen molar-refractivity contribution >= 4 is 23.1 Å². The second kappa shape index (κ2) is 10.7. The predicted molar refractivity (Wildman–Crippen MR) is 157 cm³/mol. The molecule has 0 spiro atoms. The number of hydrogen-bond donors (Lipinski definition) is 0. The van der Waals surface area contributed by atoms with Crippen LogP contribution in [0.4, 0.5) is 15.9 Å². The summed E-state index contributed by atoms with van der Waals surface area (Å²) in [7, 11) is 0. The van der Waals surface area contributed by atoms with E-state index in [9.17, 15) is 4.39 Å². The summed E-state index contributed by atoms with van der Waals surface area (Å²) in [4.78, 5) is 17.2. The Morgan fingerprint density at radius 1 is 1.11 bits per heavy atom. The maximum absolute atomic E-state index is 14.2. The standard InChI is InChI=1S/C31H43ClFN5/c1-20(2)22(4)21(3)12-13-36-14-15-38(31(8,9)19-36)23(5)27-17-34-29-28(35-27)30(6,7)18-37(29)24-10-11-25(32)26(33)16-24/h10-12,16-17,23H,13-15,18-19H2,1-9H3/b21-12-. The fourth-order valence-electron chi connectivity index (χ4n) is 5.78. The highest BCUT2D eigenvalue weighted by molar-refractivity contribution is 6.30. The number of benzene rings is 1. The summed E-state index contributed by atoms with van der Waals surface area (Å²) in [5.74, 6) is 0.373.